The van der Waals surface area contributed by atoms with E-state index in [4.69, 9.17) is 5.11 Å². The maximum atomic E-state index is 12.7. The number of para-hydroxylation sites is 1. The summed E-state index contributed by atoms with van der Waals surface area (Å²) in [5.41, 5.74) is 0.351. The minimum absolute atomic E-state index is 0.0153. The fourth-order valence-corrected chi connectivity index (χ4v) is 2.85. The number of alkyl halides is 2. The van der Waals surface area contributed by atoms with E-state index in [-0.39, 0.29) is 35.9 Å². The zero-order valence-electron chi connectivity index (χ0n) is 12.8. The van der Waals surface area contributed by atoms with Gasteiger partial charge in [0.25, 0.3) is 11.7 Å². The highest BCUT2D eigenvalue weighted by Gasteiger charge is 2.34. The number of rotatable bonds is 7. The van der Waals surface area contributed by atoms with Crippen molar-refractivity contribution >= 4 is 29.3 Å². The van der Waals surface area contributed by atoms with Gasteiger partial charge in [-0.15, -0.1) is 0 Å². The molecule has 1 heterocycles. The van der Waals surface area contributed by atoms with E-state index in [1.54, 1.807) is 12.1 Å². The number of nitrogens with one attached hydrogen (secondary N) is 1. The minimum atomic E-state index is -2.62. The summed E-state index contributed by atoms with van der Waals surface area (Å²) in [6.07, 6.45) is 0. The molecule has 6 nitrogen and oxygen atoms in total. The molecule has 0 radical (unpaired) electrons. The zero-order chi connectivity index (χ0) is 17.7. The zero-order valence-corrected chi connectivity index (χ0v) is 13.6. The predicted octanol–water partition coefficient (Wildman–Crippen LogP) is 1.67. The molecular formula is C15H16F2N2O4S. The van der Waals surface area contributed by atoms with Gasteiger partial charge in [-0.05, 0) is 12.1 Å². The molecule has 0 saturated carbocycles. The summed E-state index contributed by atoms with van der Waals surface area (Å²) in [6, 6.07) is 6.25. The van der Waals surface area contributed by atoms with Crippen LogP contribution in [0.4, 0.5) is 14.5 Å². The van der Waals surface area contributed by atoms with Crippen molar-refractivity contribution in [1.82, 2.24) is 4.90 Å². The first-order chi connectivity index (χ1) is 11.5. The van der Waals surface area contributed by atoms with E-state index in [1.807, 2.05) is 0 Å². The van der Waals surface area contributed by atoms with E-state index in [2.05, 4.69) is 10.1 Å². The highest BCUT2D eigenvalue weighted by molar-refractivity contribution is 7.99. The Labute approximate surface area is 141 Å². The van der Waals surface area contributed by atoms with Crippen molar-refractivity contribution in [3.05, 3.63) is 35.5 Å². The lowest BCUT2D eigenvalue weighted by atomic mass is 10.2. The van der Waals surface area contributed by atoms with Crippen LogP contribution in [0.5, 0.6) is 0 Å². The van der Waals surface area contributed by atoms with Gasteiger partial charge in [0.15, 0.2) is 0 Å². The fourth-order valence-electron chi connectivity index (χ4n) is 2.25. The lowest BCUT2D eigenvalue weighted by Gasteiger charge is -2.16. The van der Waals surface area contributed by atoms with E-state index in [9.17, 15) is 18.4 Å². The molecule has 1 aromatic rings. The third-order valence-electron chi connectivity index (χ3n) is 3.32. The van der Waals surface area contributed by atoms with E-state index < -0.39 is 17.6 Å². The van der Waals surface area contributed by atoms with Crippen LogP contribution in [0.2, 0.25) is 0 Å². The lowest BCUT2D eigenvalue weighted by molar-refractivity contribution is -0.136. The van der Waals surface area contributed by atoms with Crippen LogP contribution in [0, 0.1) is 0 Å². The number of anilines is 1. The number of aliphatic hydroxyl groups excluding tert-OH is 1. The van der Waals surface area contributed by atoms with Crippen molar-refractivity contribution in [3.63, 3.8) is 0 Å². The number of thioether (sulfide) groups is 1. The molecule has 0 aliphatic carbocycles. The first-order valence-corrected chi connectivity index (χ1v) is 7.88. The molecule has 0 bridgehead atoms. The number of esters is 1. The van der Waals surface area contributed by atoms with Crippen LogP contribution in [0.3, 0.4) is 0 Å². The molecule has 0 atom stereocenters. The van der Waals surface area contributed by atoms with Gasteiger partial charge in [-0.3, -0.25) is 4.79 Å². The van der Waals surface area contributed by atoms with Crippen LogP contribution in [0.15, 0.2) is 40.4 Å². The van der Waals surface area contributed by atoms with Crippen molar-refractivity contribution < 1.29 is 28.2 Å². The average molecular weight is 358 g/mol. The SMILES string of the molecule is COC(=O)C1=C(Nc2ccccc2SC(F)F)C(=O)N(CCO)C1. The van der Waals surface area contributed by atoms with Crippen molar-refractivity contribution in [2.24, 2.45) is 0 Å². The van der Waals surface area contributed by atoms with Gasteiger partial charge >= 0.3 is 5.97 Å². The van der Waals surface area contributed by atoms with Crippen molar-refractivity contribution in [2.45, 2.75) is 10.7 Å². The molecule has 1 amide bonds. The summed E-state index contributed by atoms with van der Waals surface area (Å²) in [4.78, 5) is 25.8. The van der Waals surface area contributed by atoms with E-state index in [0.29, 0.717) is 17.4 Å². The van der Waals surface area contributed by atoms with Crippen LogP contribution >= 0.6 is 11.8 Å². The number of hydrogen-bond donors (Lipinski definition) is 2. The van der Waals surface area contributed by atoms with Gasteiger partial charge in [0.2, 0.25) is 0 Å². The lowest BCUT2D eigenvalue weighted by Crippen LogP contribution is -2.31. The first-order valence-electron chi connectivity index (χ1n) is 7.00. The Balaban J connectivity index is 2.34. The molecule has 0 spiro atoms. The van der Waals surface area contributed by atoms with Crippen LogP contribution in [0.1, 0.15) is 0 Å². The molecule has 0 unspecified atom stereocenters. The quantitative estimate of drug-likeness (QED) is 0.570. The molecule has 0 fully saturated rings. The Morgan fingerprint density at radius 3 is 2.79 bits per heavy atom. The van der Waals surface area contributed by atoms with Crippen molar-refractivity contribution in [1.29, 1.82) is 0 Å². The summed E-state index contributed by atoms with van der Waals surface area (Å²) < 4.78 is 30.0. The van der Waals surface area contributed by atoms with Crippen LogP contribution in [-0.4, -0.2) is 54.4 Å². The van der Waals surface area contributed by atoms with Crippen LogP contribution in [-0.2, 0) is 14.3 Å². The predicted molar refractivity (Wildman–Crippen MR) is 84.6 cm³/mol. The standard InChI is InChI=1S/C15H16F2N2O4S/c1-23-14(22)9-8-19(6-7-20)13(21)12(9)18-10-4-2-3-5-11(10)24-15(16)17/h2-5,15,18,20H,6-8H2,1H3. The monoisotopic (exact) mass is 358 g/mol. The largest absolute Gasteiger partial charge is 0.466 e. The summed E-state index contributed by atoms with van der Waals surface area (Å²) in [5.74, 6) is -3.81. The second kappa shape index (κ2) is 8.11. The molecule has 0 saturated heterocycles. The third-order valence-corrected chi connectivity index (χ3v) is 4.10. The molecule has 1 aliphatic heterocycles. The van der Waals surface area contributed by atoms with E-state index in [1.165, 1.54) is 24.1 Å². The average Bonchev–Trinajstić information content (AvgIpc) is 2.85. The Bertz CT molecular complexity index is 667. The highest BCUT2D eigenvalue weighted by atomic mass is 32.2. The van der Waals surface area contributed by atoms with Gasteiger partial charge in [-0.25, -0.2) is 4.79 Å². The van der Waals surface area contributed by atoms with Crippen molar-refractivity contribution in [3.8, 4) is 0 Å². The first kappa shape index (κ1) is 18.2. The maximum absolute atomic E-state index is 12.7. The number of hydrogen-bond acceptors (Lipinski definition) is 6. The molecule has 130 valence electrons. The molecule has 1 aliphatic rings. The molecular weight excluding hydrogens is 342 g/mol. The van der Waals surface area contributed by atoms with E-state index >= 15 is 0 Å². The number of halogens is 2. The third kappa shape index (κ3) is 4.04. The molecule has 1 aromatic carbocycles. The Kier molecular flexibility index (Phi) is 6.16. The summed E-state index contributed by atoms with van der Waals surface area (Å²) >= 11 is 0.337. The number of nitrogens with zero attached hydrogens (tertiary/aromatic N) is 1. The molecule has 24 heavy (non-hydrogen) atoms. The molecule has 2 N–H and O–H groups in total. The highest BCUT2D eigenvalue weighted by Crippen LogP contribution is 2.33. The van der Waals surface area contributed by atoms with Crippen LogP contribution in [0.25, 0.3) is 0 Å². The number of carbonyl (C=O) groups is 2. The number of amides is 1. The summed E-state index contributed by atoms with van der Waals surface area (Å²) in [7, 11) is 1.19. The molecule has 9 heteroatoms. The second-order valence-corrected chi connectivity index (χ2v) is 5.83. The fraction of sp³-hybridized carbons (Fsp3) is 0.333. The van der Waals surface area contributed by atoms with Gasteiger partial charge in [-0.2, -0.15) is 8.78 Å². The minimum Gasteiger partial charge on any atom is -0.466 e. The smallest absolute Gasteiger partial charge is 0.337 e. The topological polar surface area (TPSA) is 78.9 Å². The number of carbonyl (C=O) groups excluding carboxylic acids is 2. The van der Waals surface area contributed by atoms with Gasteiger partial charge < -0.3 is 20.1 Å². The summed E-state index contributed by atoms with van der Waals surface area (Å²) in [6.45, 7) is -0.220. The Morgan fingerprint density at radius 2 is 2.17 bits per heavy atom. The Morgan fingerprint density at radius 1 is 1.46 bits per heavy atom. The van der Waals surface area contributed by atoms with Gasteiger partial charge in [-0.1, -0.05) is 23.9 Å². The molecule has 2 rings (SSSR count). The maximum Gasteiger partial charge on any atom is 0.337 e. The van der Waals surface area contributed by atoms with Gasteiger partial charge in [0.05, 0.1) is 31.5 Å². The van der Waals surface area contributed by atoms with E-state index in [0.717, 1.165) is 0 Å². The van der Waals surface area contributed by atoms with Crippen LogP contribution < -0.4 is 5.32 Å². The molecule has 0 aromatic heterocycles. The number of aliphatic hydroxyl groups is 1. The summed E-state index contributed by atoms with van der Waals surface area (Å²) in [5, 5.41) is 11.8. The second-order valence-electron chi connectivity index (χ2n) is 4.80. The van der Waals surface area contributed by atoms with Crippen molar-refractivity contribution in [2.75, 3.05) is 32.1 Å². The number of methoxy groups -OCH3 is 1. The number of ether oxygens (including phenoxy) is 1. The Hall–Kier alpha value is -2.13. The number of benzene rings is 1. The number of β-amino-alcohol motifs (C(OH)–C–C–N with tert-alkyl or cyclic N) is 1. The van der Waals surface area contributed by atoms with Gasteiger partial charge in [0.1, 0.15) is 5.70 Å². The van der Waals surface area contributed by atoms with Gasteiger partial charge in [0, 0.05) is 11.4 Å². The normalized spacial score (nSPS) is 14.5.